The number of likely N-dealkylation sites (tertiary alicyclic amines) is 1. The average molecular weight is 374 g/mol. The molecular formula is C18H22N4O3S. The van der Waals surface area contributed by atoms with Crippen LogP contribution in [0.25, 0.3) is 0 Å². The number of nitrogens with one attached hydrogen (secondary N) is 2. The minimum absolute atomic E-state index is 0.0613. The van der Waals surface area contributed by atoms with E-state index in [1.165, 1.54) is 24.5 Å². The van der Waals surface area contributed by atoms with Crippen molar-refractivity contribution in [3.63, 3.8) is 0 Å². The van der Waals surface area contributed by atoms with Gasteiger partial charge in [0.25, 0.3) is 15.9 Å². The molecule has 2 aromatic rings. The summed E-state index contributed by atoms with van der Waals surface area (Å²) in [5.74, 6) is -0.0613. The Morgan fingerprint density at radius 2 is 1.88 bits per heavy atom. The summed E-state index contributed by atoms with van der Waals surface area (Å²) in [5.41, 5.74) is 0.933. The molecule has 1 aliphatic heterocycles. The van der Waals surface area contributed by atoms with E-state index in [2.05, 4.69) is 15.0 Å². The van der Waals surface area contributed by atoms with Gasteiger partial charge in [0.15, 0.2) is 0 Å². The number of carbonyl (C=O) groups is 1. The van der Waals surface area contributed by atoms with E-state index < -0.39 is 10.0 Å². The molecule has 3 rings (SSSR count). The van der Waals surface area contributed by atoms with Gasteiger partial charge in [0.1, 0.15) is 0 Å². The van der Waals surface area contributed by atoms with E-state index >= 15 is 0 Å². The van der Waals surface area contributed by atoms with Crippen LogP contribution in [0.2, 0.25) is 0 Å². The maximum atomic E-state index is 12.7. The van der Waals surface area contributed by atoms with E-state index in [0.717, 1.165) is 25.9 Å². The summed E-state index contributed by atoms with van der Waals surface area (Å²) in [6, 6.07) is 9.38. The molecule has 0 radical (unpaired) electrons. The fourth-order valence-corrected chi connectivity index (χ4v) is 4.19. The molecule has 0 spiro atoms. The lowest BCUT2D eigenvalue weighted by Crippen LogP contribution is -2.40. The highest BCUT2D eigenvalue weighted by Gasteiger charge is 2.29. The number of anilines is 1. The minimum atomic E-state index is -3.71. The normalized spacial score (nSPS) is 17.3. The fourth-order valence-electron chi connectivity index (χ4n) is 3.13. The predicted octanol–water partition coefficient (Wildman–Crippen LogP) is 1.71. The Balaban J connectivity index is 1.74. The Hall–Kier alpha value is -2.45. The predicted molar refractivity (Wildman–Crippen MR) is 99.5 cm³/mol. The first-order chi connectivity index (χ1) is 12.5. The third-order valence-corrected chi connectivity index (χ3v) is 5.82. The topological polar surface area (TPSA) is 91.4 Å². The largest absolute Gasteiger partial charge is 0.334 e. The zero-order chi connectivity index (χ0) is 18.6. The highest BCUT2D eigenvalue weighted by molar-refractivity contribution is 7.92. The summed E-state index contributed by atoms with van der Waals surface area (Å²) in [5, 5.41) is 3.11. The number of aromatic nitrogens is 1. The van der Waals surface area contributed by atoms with Gasteiger partial charge < -0.3 is 10.2 Å². The van der Waals surface area contributed by atoms with E-state index in [1.807, 2.05) is 11.9 Å². The summed E-state index contributed by atoms with van der Waals surface area (Å²) >= 11 is 0. The molecule has 2 N–H and O–H groups in total. The molecule has 1 saturated heterocycles. The van der Waals surface area contributed by atoms with Crippen LogP contribution >= 0.6 is 0 Å². The molecule has 1 atom stereocenters. The van der Waals surface area contributed by atoms with Crippen molar-refractivity contribution < 1.29 is 13.2 Å². The molecule has 7 nitrogen and oxygen atoms in total. The highest BCUT2D eigenvalue weighted by Crippen LogP contribution is 2.21. The number of carbonyl (C=O) groups excluding carboxylic acids is 1. The molecule has 8 heteroatoms. The second-order valence-electron chi connectivity index (χ2n) is 6.22. The van der Waals surface area contributed by atoms with Gasteiger partial charge in [-0.1, -0.05) is 0 Å². The van der Waals surface area contributed by atoms with Crippen molar-refractivity contribution in [3.8, 4) is 0 Å². The second kappa shape index (κ2) is 7.84. The minimum Gasteiger partial charge on any atom is -0.334 e. The summed E-state index contributed by atoms with van der Waals surface area (Å²) < 4.78 is 27.4. The van der Waals surface area contributed by atoms with Crippen LogP contribution in [0, 0.1) is 0 Å². The van der Waals surface area contributed by atoms with Gasteiger partial charge >= 0.3 is 0 Å². The monoisotopic (exact) mass is 374 g/mol. The Bertz CT molecular complexity index is 854. The Labute approximate surface area is 153 Å². The summed E-state index contributed by atoms with van der Waals surface area (Å²) in [6.07, 6.45) is 4.99. The smallest absolute Gasteiger partial charge is 0.261 e. The number of hydrogen-bond acceptors (Lipinski definition) is 5. The van der Waals surface area contributed by atoms with Crippen LogP contribution in [-0.2, 0) is 10.0 Å². The Morgan fingerprint density at radius 3 is 2.54 bits per heavy atom. The maximum Gasteiger partial charge on any atom is 0.261 e. The quantitative estimate of drug-likeness (QED) is 0.803. The van der Waals surface area contributed by atoms with Crippen LogP contribution in [0.3, 0.4) is 0 Å². The highest BCUT2D eigenvalue weighted by atomic mass is 32.2. The van der Waals surface area contributed by atoms with Crippen molar-refractivity contribution in [2.24, 2.45) is 0 Å². The zero-order valence-corrected chi connectivity index (χ0v) is 15.4. The van der Waals surface area contributed by atoms with Crippen LogP contribution < -0.4 is 10.0 Å². The van der Waals surface area contributed by atoms with Crippen LogP contribution in [0.4, 0.5) is 5.69 Å². The van der Waals surface area contributed by atoms with Crippen molar-refractivity contribution in [1.29, 1.82) is 0 Å². The number of pyridine rings is 1. The average Bonchev–Trinajstić information content (AvgIpc) is 3.10. The lowest BCUT2D eigenvalue weighted by atomic mass is 10.1. The first-order valence-corrected chi connectivity index (χ1v) is 9.98. The molecule has 0 aliphatic carbocycles. The van der Waals surface area contributed by atoms with E-state index in [4.69, 9.17) is 0 Å². The lowest BCUT2D eigenvalue weighted by Gasteiger charge is -2.24. The molecule has 26 heavy (non-hydrogen) atoms. The number of likely N-dealkylation sites (N-methyl/N-ethyl adjacent to an activating group) is 1. The molecule has 1 unspecified atom stereocenters. The number of nitrogens with zero attached hydrogens (tertiary/aromatic N) is 2. The molecule has 1 aromatic carbocycles. The van der Waals surface area contributed by atoms with Crippen molar-refractivity contribution in [2.75, 3.05) is 24.9 Å². The van der Waals surface area contributed by atoms with Gasteiger partial charge in [0, 0.05) is 37.1 Å². The van der Waals surface area contributed by atoms with E-state index in [9.17, 15) is 13.2 Å². The molecule has 1 fully saturated rings. The van der Waals surface area contributed by atoms with Gasteiger partial charge in [-0.15, -0.1) is 0 Å². The van der Waals surface area contributed by atoms with E-state index in [-0.39, 0.29) is 16.8 Å². The molecule has 1 aromatic heterocycles. The van der Waals surface area contributed by atoms with Crippen LogP contribution in [0.1, 0.15) is 23.2 Å². The fraction of sp³-hybridized carbons (Fsp3) is 0.333. The van der Waals surface area contributed by atoms with Crippen molar-refractivity contribution >= 4 is 21.6 Å². The van der Waals surface area contributed by atoms with Crippen LogP contribution in [-0.4, -0.2) is 50.4 Å². The van der Waals surface area contributed by atoms with Crippen molar-refractivity contribution in [3.05, 3.63) is 54.4 Å². The SMILES string of the molecule is CNCC1CCCN1C(=O)c1ccc(S(=O)(=O)Nc2ccncc2)cc1. The first-order valence-electron chi connectivity index (χ1n) is 8.50. The Morgan fingerprint density at radius 1 is 1.19 bits per heavy atom. The molecular weight excluding hydrogens is 352 g/mol. The second-order valence-corrected chi connectivity index (χ2v) is 7.90. The summed E-state index contributed by atoms with van der Waals surface area (Å²) in [4.78, 5) is 18.5. The number of amides is 1. The standard InChI is InChI=1S/C18H22N4O3S/c1-19-13-16-3-2-12-22(16)18(23)14-4-6-17(7-5-14)26(24,25)21-15-8-10-20-11-9-15/h4-11,16,19H,2-3,12-13H2,1H3,(H,20,21). The third kappa shape index (κ3) is 4.03. The van der Waals surface area contributed by atoms with Gasteiger partial charge in [-0.2, -0.15) is 0 Å². The maximum absolute atomic E-state index is 12.7. The third-order valence-electron chi connectivity index (χ3n) is 4.42. The molecule has 138 valence electrons. The number of hydrogen-bond donors (Lipinski definition) is 2. The lowest BCUT2D eigenvalue weighted by molar-refractivity contribution is 0.0737. The number of rotatable bonds is 6. The zero-order valence-electron chi connectivity index (χ0n) is 14.6. The molecule has 0 bridgehead atoms. The summed E-state index contributed by atoms with van der Waals surface area (Å²) in [6.45, 7) is 1.49. The van der Waals surface area contributed by atoms with Gasteiger partial charge in [0.05, 0.1) is 10.6 Å². The molecule has 0 saturated carbocycles. The molecule has 2 heterocycles. The van der Waals surface area contributed by atoms with Crippen molar-refractivity contribution in [2.45, 2.75) is 23.8 Å². The summed E-state index contributed by atoms with van der Waals surface area (Å²) in [7, 11) is -1.84. The van der Waals surface area contributed by atoms with E-state index in [1.54, 1.807) is 24.3 Å². The van der Waals surface area contributed by atoms with Gasteiger partial charge in [0.2, 0.25) is 0 Å². The van der Waals surface area contributed by atoms with Crippen LogP contribution in [0.15, 0.2) is 53.7 Å². The Kier molecular flexibility index (Phi) is 5.53. The molecule has 1 amide bonds. The van der Waals surface area contributed by atoms with Gasteiger partial charge in [-0.25, -0.2) is 8.42 Å². The first kappa shape index (κ1) is 18.3. The van der Waals surface area contributed by atoms with Gasteiger partial charge in [-0.05, 0) is 56.3 Å². The molecule has 1 aliphatic rings. The van der Waals surface area contributed by atoms with Crippen molar-refractivity contribution in [1.82, 2.24) is 15.2 Å². The van der Waals surface area contributed by atoms with E-state index in [0.29, 0.717) is 11.3 Å². The number of benzene rings is 1. The van der Waals surface area contributed by atoms with Gasteiger partial charge in [-0.3, -0.25) is 14.5 Å². The number of sulfonamides is 1. The van der Waals surface area contributed by atoms with Crippen LogP contribution in [0.5, 0.6) is 0 Å².